The Morgan fingerprint density at radius 3 is 2.55 bits per heavy atom. The highest BCUT2D eigenvalue weighted by Crippen LogP contribution is 1.96. The zero-order valence-electron chi connectivity index (χ0n) is 6.50. The second kappa shape index (κ2) is 4.43. The predicted molar refractivity (Wildman–Crippen MR) is 43.3 cm³/mol. The summed E-state index contributed by atoms with van der Waals surface area (Å²) in [5.74, 6) is -1.11. The average Bonchev–Trinajstić information content (AvgIpc) is 1.98. The lowest BCUT2D eigenvalue weighted by Crippen LogP contribution is -2.09. The van der Waals surface area contributed by atoms with Crippen LogP contribution in [-0.2, 0) is 0 Å². The van der Waals surface area contributed by atoms with E-state index in [1.54, 1.807) is 19.0 Å². The Balaban J connectivity index is 4.26. The van der Waals surface area contributed by atoms with Crippen LogP contribution in [0.1, 0.15) is 0 Å². The summed E-state index contributed by atoms with van der Waals surface area (Å²) in [7, 11) is 3.47. The first-order valence-corrected chi connectivity index (χ1v) is 2.94. The van der Waals surface area contributed by atoms with Gasteiger partial charge in [0.2, 0.25) is 0 Å². The van der Waals surface area contributed by atoms with Gasteiger partial charge in [-0.15, -0.1) is 0 Å². The van der Waals surface area contributed by atoms with Gasteiger partial charge in [0.1, 0.15) is 0 Å². The van der Waals surface area contributed by atoms with Gasteiger partial charge in [0.05, 0.1) is 12.6 Å². The van der Waals surface area contributed by atoms with Gasteiger partial charge in [0.25, 0.3) is 0 Å². The van der Waals surface area contributed by atoms with E-state index in [2.05, 4.69) is 4.99 Å². The van der Waals surface area contributed by atoms with Crippen LogP contribution < -0.4 is 5.73 Å². The lowest BCUT2D eigenvalue weighted by atomic mass is 10.5. The van der Waals surface area contributed by atoms with Crippen molar-refractivity contribution in [3.8, 4) is 0 Å². The number of nitrogens with zero attached hydrogens (tertiary/aromatic N) is 2. The number of allylic oxidation sites excluding steroid dienone is 1. The smallest absolute Gasteiger partial charge is 0.182 e. The van der Waals surface area contributed by atoms with Crippen molar-refractivity contribution in [2.75, 3.05) is 14.1 Å². The number of hydrogen-bond donors (Lipinski definition) is 2. The van der Waals surface area contributed by atoms with Crippen LogP contribution >= 0.6 is 0 Å². The molecule has 5 heteroatoms. The van der Waals surface area contributed by atoms with Gasteiger partial charge in [-0.05, 0) is 0 Å². The Hall–Kier alpha value is -1.39. The molecule has 3 N–H and O–H groups in total. The molecule has 11 heavy (non-hydrogen) atoms. The van der Waals surface area contributed by atoms with Crippen molar-refractivity contribution in [2.45, 2.75) is 0 Å². The normalized spacial score (nSPS) is 13.0. The predicted octanol–water partition coefficient (Wildman–Crippen LogP) is 0.323. The summed E-state index contributed by atoms with van der Waals surface area (Å²) in [6.45, 7) is 0. The SMILES string of the molecule is CN(C)/C=N/C(N)=C(\F)C=N. The van der Waals surface area contributed by atoms with E-state index in [9.17, 15) is 4.39 Å². The van der Waals surface area contributed by atoms with Crippen LogP contribution in [0, 0.1) is 5.41 Å². The quantitative estimate of drug-likeness (QED) is 0.459. The first-order chi connectivity index (χ1) is 5.07. The van der Waals surface area contributed by atoms with Gasteiger partial charge in [-0.1, -0.05) is 0 Å². The lowest BCUT2D eigenvalue weighted by molar-refractivity contribution is 0.637. The third-order valence-corrected chi connectivity index (χ3v) is 0.799. The van der Waals surface area contributed by atoms with E-state index < -0.39 is 5.83 Å². The van der Waals surface area contributed by atoms with Gasteiger partial charge >= 0.3 is 0 Å². The van der Waals surface area contributed by atoms with Crippen molar-refractivity contribution in [1.29, 1.82) is 5.41 Å². The Morgan fingerprint density at radius 2 is 2.18 bits per heavy atom. The van der Waals surface area contributed by atoms with Gasteiger partial charge in [0, 0.05) is 14.1 Å². The van der Waals surface area contributed by atoms with E-state index >= 15 is 0 Å². The Labute approximate surface area is 64.7 Å². The molecule has 0 aliphatic heterocycles. The molecule has 0 saturated carbocycles. The molecule has 0 bridgehead atoms. The molecule has 0 aliphatic carbocycles. The molecule has 0 rings (SSSR count). The van der Waals surface area contributed by atoms with Gasteiger partial charge in [0.15, 0.2) is 11.6 Å². The Bertz CT molecular complexity index is 195. The molecule has 0 saturated heterocycles. The van der Waals surface area contributed by atoms with Crippen molar-refractivity contribution in [3.05, 3.63) is 11.6 Å². The minimum absolute atomic E-state index is 0.284. The Kier molecular flexibility index (Phi) is 3.87. The molecule has 0 aromatic carbocycles. The van der Waals surface area contributed by atoms with Gasteiger partial charge < -0.3 is 16.0 Å². The van der Waals surface area contributed by atoms with E-state index in [4.69, 9.17) is 11.1 Å². The molecule has 0 aromatic rings. The largest absolute Gasteiger partial charge is 0.381 e. The molecular formula is C6H11FN4. The first-order valence-electron chi connectivity index (χ1n) is 2.94. The maximum atomic E-state index is 12.4. The molecule has 4 nitrogen and oxygen atoms in total. The van der Waals surface area contributed by atoms with Crippen molar-refractivity contribution >= 4 is 12.6 Å². The van der Waals surface area contributed by atoms with Crippen molar-refractivity contribution < 1.29 is 4.39 Å². The summed E-state index contributed by atoms with van der Waals surface area (Å²) in [4.78, 5) is 5.14. The van der Waals surface area contributed by atoms with Crippen molar-refractivity contribution in [1.82, 2.24) is 4.90 Å². The number of halogens is 1. The standard InChI is InChI=1S/C6H11FN4/c1-11(2)4-10-6(9)5(7)3-8/h3-4,8H,9H2,1-2H3/b6-5-,8-3?,10-4+. The van der Waals surface area contributed by atoms with Crippen LogP contribution in [0.5, 0.6) is 0 Å². The summed E-state index contributed by atoms with van der Waals surface area (Å²) in [5, 5.41) is 6.50. The number of nitrogens with two attached hydrogens (primary N) is 1. The van der Waals surface area contributed by atoms with E-state index in [0.717, 1.165) is 0 Å². The highest BCUT2D eigenvalue weighted by molar-refractivity contribution is 5.74. The molecule has 0 unspecified atom stereocenters. The van der Waals surface area contributed by atoms with E-state index in [-0.39, 0.29) is 5.82 Å². The van der Waals surface area contributed by atoms with E-state index in [0.29, 0.717) is 6.21 Å². The second-order valence-corrected chi connectivity index (χ2v) is 2.09. The van der Waals surface area contributed by atoms with Crippen LogP contribution in [0.15, 0.2) is 16.6 Å². The zero-order valence-corrected chi connectivity index (χ0v) is 6.50. The summed E-state index contributed by atoms with van der Waals surface area (Å²) in [6, 6.07) is 0. The summed E-state index contributed by atoms with van der Waals surface area (Å²) in [6.07, 6.45) is 1.88. The van der Waals surface area contributed by atoms with E-state index in [1.807, 2.05) is 0 Å². The molecular weight excluding hydrogens is 147 g/mol. The van der Waals surface area contributed by atoms with Crippen LogP contribution in [0.4, 0.5) is 4.39 Å². The highest BCUT2D eigenvalue weighted by atomic mass is 19.1. The topological polar surface area (TPSA) is 65.5 Å². The van der Waals surface area contributed by atoms with Crippen LogP contribution in [0.2, 0.25) is 0 Å². The molecule has 0 heterocycles. The molecule has 0 radical (unpaired) electrons. The van der Waals surface area contributed by atoms with Crippen molar-refractivity contribution in [2.24, 2.45) is 10.7 Å². The fourth-order valence-corrected chi connectivity index (χ4v) is 0.313. The van der Waals surface area contributed by atoms with Crippen LogP contribution in [-0.4, -0.2) is 31.5 Å². The maximum Gasteiger partial charge on any atom is 0.182 e. The molecule has 0 amide bonds. The Morgan fingerprint density at radius 1 is 1.64 bits per heavy atom. The number of rotatable bonds is 3. The fraction of sp³-hybridized carbons (Fsp3) is 0.333. The summed E-state index contributed by atoms with van der Waals surface area (Å²) >= 11 is 0. The molecule has 0 atom stereocenters. The molecule has 0 aromatic heterocycles. The minimum Gasteiger partial charge on any atom is -0.381 e. The number of aliphatic imine (C=N–C) groups is 1. The van der Waals surface area contributed by atoms with Crippen LogP contribution in [0.3, 0.4) is 0 Å². The van der Waals surface area contributed by atoms with E-state index in [1.165, 1.54) is 6.34 Å². The summed E-state index contributed by atoms with van der Waals surface area (Å²) < 4.78 is 12.4. The highest BCUT2D eigenvalue weighted by Gasteiger charge is 1.94. The number of hydrogen-bond acceptors (Lipinski definition) is 3. The monoisotopic (exact) mass is 158 g/mol. The minimum atomic E-state index is -0.830. The fourth-order valence-electron chi connectivity index (χ4n) is 0.313. The van der Waals surface area contributed by atoms with Gasteiger partial charge in [-0.2, -0.15) is 0 Å². The molecule has 62 valence electrons. The van der Waals surface area contributed by atoms with Gasteiger partial charge in [-0.25, -0.2) is 9.38 Å². The number of nitrogens with one attached hydrogen (secondary N) is 1. The van der Waals surface area contributed by atoms with Gasteiger partial charge in [-0.3, -0.25) is 0 Å². The van der Waals surface area contributed by atoms with Crippen LogP contribution in [0.25, 0.3) is 0 Å². The molecule has 0 aliphatic rings. The molecule has 0 fully saturated rings. The summed E-state index contributed by atoms with van der Waals surface area (Å²) in [5.41, 5.74) is 5.10. The first kappa shape index (κ1) is 9.61. The second-order valence-electron chi connectivity index (χ2n) is 2.09. The van der Waals surface area contributed by atoms with Crippen molar-refractivity contribution in [3.63, 3.8) is 0 Å². The average molecular weight is 158 g/mol. The molecule has 0 spiro atoms. The third-order valence-electron chi connectivity index (χ3n) is 0.799. The lowest BCUT2D eigenvalue weighted by Gasteiger charge is -2.01. The zero-order chi connectivity index (χ0) is 8.85. The maximum absolute atomic E-state index is 12.4. The third kappa shape index (κ3) is 4.07.